The van der Waals surface area contributed by atoms with Crippen LogP contribution in [0.3, 0.4) is 0 Å². The second-order valence-electron chi connectivity index (χ2n) is 5.00. The van der Waals surface area contributed by atoms with Crippen LogP contribution in [0.4, 0.5) is 5.69 Å². The van der Waals surface area contributed by atoms with Crippen molar-refractivity contribution in [3.05, 3.63) is 59.1 Å². The number of hydrogen-bond acceptors (Lipinski definition) is 4. The largest absolute Gasteiger partial charge is 0.494 e. The quantitative estimate of drug-likeness (QED) is 0.804. The van der Waals surface area contributed by atoms with Crippen molar-refractivity contribution in [2.24, 2.45) is 0 Å². The van der Waals surface area contributed by atoms with Gasteiger partial charge in [-0.3, -0.25) is 4.79 Å². The first-order valence-corrected chi connectivity index (χ1v) is 7.87. The summed E-state index contributed by atoms with van der Waals surface area (Å²) in [5.74, 6) is -0.308. The summed E-state index contributed by atoms with van der Waals surface area (Å²) in [5.41, 5.74) is 0.886. The number of rotatable bonds is 6. The lowest BCUT2D eigenvalue weighted by atomic mass is 10.2. The fraction of sp³-hybridized carbons (Fsp3) is 0.222. The van der Waals surface area contributed by atoms with E-state index in [2.05, 4.69) is 5.32 Å². The zero-order valence-corrected chi connectivity index (χ0v) is 14.2. The Morgan fingerprint density at radius 2 is 1.88 bits per heavy atom. The summed E-state index contributed by atoms with van der Waals surface area (Å²) in [5, 5.41) is 3.11. The summed E-state index contributed by atoms with van der Waals surface area (Å²) in [6, 6.07) is 13.3. The van der Waals surface area contributed by atoms with E-state index >= 15 is 0 Å². The average Bonchev–Trinajstić information content (AvgIpc) is 2.56. The number of amides is 1. The summed E-state index contributed by atoms with van der Waals surface area (Å²) >= 11 is 5.83. The normalized spacial score (nSPS) is 11.5. The third-order valence-electron chi connectivity index (χ3n) is 3.15. The van der Waals surface area contributed by atoms with E-state index in [4.69, 9.17) is 21.1 Å². The van der Waals surface area contributed by atoms with Crippen molar-refractivity contribution < 1.29 is 19.1 Å². The standard InChI is InChI=1S/C18H18ClNO4/c1-3-23-16-9-7-15(8-10-16)20-17(21)12(2)24-18(22)13-5-4-6-14(19)11-13/h4-12H,3H2,1-2H3,(H,20,21)/t12-/m0/s1. The Morgan fingerprint density at radius 1 is 1.17 bits per heavy atom. The van der Waals surface area contributed by atoms with Gasteiger partial charge in [0.25, 0.3) is 5.91 Å². The van der Waals surface area contributed by atoms with Crippen LogP contribution in [-0.2, 0) is 9.53 Å². The number of ether oxygens (including phenoxy) is 2. The van der Waals surface area contributed by atoms with Gasteiger partial charge in [-0.2, -0.15) is 0 Å². The molecule has 1 atom stereocenters. The molecule has 0 saturated carbocycles. The van der Waals surface area contributed by atoms with Crippen LogP contribution in [0.2, 0.25) is 5.02 Å². The Labute approximate surface area is 145 Å². The maximum atomic E-state index is 12.1. The number of benzene rings is 2. The van der Waals surface area contributed by atoms with Crippen LogP contribution in [-0.4, -0.2) is 24.6 Å². The molecule has 5 nitrogen and oxygen atoms in total. The summed E-state index contributed by atoms with van der Waals surface area (Å²) in [6.07, 6.45) is -0.942. The van der Waals surface area contributed by atoms with Crippen LogP contribution in [0.25, 0.3) is 0 Å². The number of anilines is 1. The summed E-state index contributed by atoms with van der Waals surface area (Å²) in [7, 11) is 0. The summed E-state index contributed by atoms with van der Waals surface area (Å²) < 4.78 is 10.5. The molecule has 2 aromatic carbocycles. The van der Waals surface area contributed by atoms with E-state index in [0.29, 0.717) is 22.9 Å². The highest BCUT2D eigenvalue weighted by molar-refractivity contribution is 6.30. The minimum absolute atomic E-state index is 0.295. The van der Waals surface area contributed by atoms with E-state index in [9.17, 15) is 9.59 Å². The summed E-state index contributed by atoms with van der Waals surface area (Å²) in [4.78, 5) is 24.1. The maximum Gasteiger partial charge on any atom is 0.338 e. The topological polar surface area (TPSA) is 64.6 Å². The molecule has 0 aliphatic heterocycles. The van der Waals surface area contributed by atoms with Gasteiger partial charge in [0.15, 0.2) is 6.10 Å². The van der Waals surface area contributed by atoms with Gasteiger partial charge in [0, 0.05) is 10.7 Å². The molecular weight excluding hydrogens is 330 g/mol. The number of nitrogens with one attached hydrogen (secondary N) is 1. The van der Waals surface area contributed by atoms with Crippen LogP contribution in [0.15, 0.2) is 48.5 Å². The Bertz CT molecular complexity index is 715. The van der Waals surface area contributed by atoms with Gasteiger partial charge >= 0.3 is 5.97 Å². The van der Waals surface area contributed by atoms with Crippen molar-refractivity contribution in [1.82, 2.24) is 0 Å². The maximum absolute atomic E-state index is 12.1. The third-order valence-corrected chi connectivity index (χ3v) is 3.38. The SMILES string of the molecule is CCOc1ccc(NC(=O)[C@H](C)OC(=O)c2cccc(Cl)c2)cc1. The molecule has 0 aliphatic rings. The van der Waals surface area contributed by atoms with Gasteiger partial charge in [-0.1, -0.05) is 17.7 Å². The highest BCUT2D eigenvalue weighted by Crippen LogP contribution is 2.16. The van der Waals surface area contributed by atoms with E-state index in [1.54, 1.807) is 42.5 Å². The number of hydrogen-bond donors (Lipinski definition) is 1. The molecule has 0 spiro atoms. The van der Waals surface area contributed by atoms with Crippen LogP contribution >= 0.6 is 11.6 Å². The number of halogens is 1. The van der Waals surface area contributed by atoms with E-state index in [-0.39, 0.29) is 0 Å². The van der Waals surface area contributed by atoms with Crippen molar-refractivity contribution in [2.45, 2.75) is 20.0 Å². The molecule has 0 aliphatic carbocycles. The molecule has 0 fully saturated rings. The van der Waals surface area contributed by atoms with Gasteiger partial charge in [-0.15, -0.1) is 0 Å². The molecule has 2 aromatic rings. The van der Waals surface area contributed by atoms with Gasteiger partial charge in [0.05, 0.1) is 12.2 Å². The van der Waals surface area contributed by atoms with Crippen molar-refractivity contribution in [1.29, 1.82) is 0 Å². The molecule has 0 unspecified atom stereocenters. The van der Waals surface area contributed by atoms with Gasteiger partial charge in [0.2, 0.25) is 0 Å². The van der Waals surface area contributed by atoms with Gasteiger partial charge in [-0.05, 0) is 56.3 Å². The van der Waals surface area contributed by atoms with Crippen molar-refractivity contribution in [3.63, 3.8) is 0 Å². The molecule has 0 bridgehead atoms. The lowest BCUT2D eigenvalue weighted by Crippen LogP contribution is -2.30. The molecule has 126 valence electrons. The van der Waals surface area contributed by atoms with Crippen LogP contribution < -0.4 is 10.1 Å². The van der Waals surface area contributed by atoms with Crippen molar-refractivity contribution >= 4 is 29.2 Å². The second-order valence-corrected chi connectivity index (χ2v) is 5.44. The molecule has 0 saturated heterocycles. The van der Waals surface area contributed by atoms with Gasteiger partial charge < -0.3 is 14.8 Å². The van der Waals surface area contributed by atoms with E-state index in [1.807, 2.05) is 6.92 Å². The highest BCUT2D eigenvalue weighted by atomic mass is 35.5. The molecule has 1 amide bonds. The molecule has 1 N–H and O–H groups in total. The smallest absolute Gasteiger partial charge is 0.338 e. The predicted molar refractivity (Wildman–Crippen MR) is 92.6 cm³/mol. The second kappa shape index (κ2) is 8.36. The Kier molecular flexibility index (Phi) is 6.21. The molecule has 24 heavy (non-hydrogen) atoms. The first-order valence-electron chi connectivity index (χ1n) is 7.50. The fourth-order valence-electron chi connectivity index (χ4n) is 1.94. The van der Waals surface area contributed by atoms with E-state index < -0.39 is 18.0 Å². The van der Waals surface area contributed by atoms with Gasteiger partial charge in [-0.25, -0.2) is 4.79 Å². The number of carbonyl (C=O) groups excluding carboxylic acids is 2. The number of esters is 1. The lowest BCUT2D eigenvalue weighted by Gasteiger charge is -2.14. The van der Waals surface area contributed by atoms with Crippen LogP contribution in [0, 0.1) is 0 Å². The number of carbonyl (C=O) groups is 2. The van der Waals surface area contributed by atoms with Crippen molar-refractivity contribution in [3.8, 4) is 5.75 Å². The first-order chi connectivity index (χ1) is 11.5. The highest BCUT2D eigenvalue weighted by Gasteiger charge is 2.19. The van der Waals surface area contributed by atoms with E-state index in [1.165, 1.54) is 13.0 Å². The lowest BCUT2D eigenvalue weighted by molar-refractivity contribution is -0.123. The predicted octanol–water partition coefficient (Wildman–Crippen LogP) is 3.92. The minimum atomic E-state index is -0.942. The molecule has 2 rings (SSSR count). The monoisotopic (exact) mass is 347 g/mol. The third kappa shape index (κ3) is 4.99. The van der Waals surface area contributed by atoms with Gasteiger partial charge in [0.1, 0.15) is 5.75 Å². The Morgan fingerprint density at radius 3 is 2.50 bits per heavy atom. The Balaban J connectivity index is 1.93. The molecule has 0 aromatic heterocycles. The summed E-state index contributed by atoms with van der Waals surface area (Å²) in [6.45, 7) is 3.97. The van der Waals surface area contributed by atoms with Crippen LogP contribution in [0.5, 0.6) is 5.75 Å². The van der Waals surface area contributed by atoms with Crippen molar-refractivity contribution in [2.75, 3.05) is 11.9 Å². The van der Waals surface area contributed by atoms with E-state index in [0.717, 1.165) is 5.75 Å². The zero-order valence-electron chi connectivity index (χ0n) is 13.4. The molecular formula is C18H18ClNO4. The first kappa shape index (κ1) is 17.8. The fourth-order valence-corrected chi connectivity index (χ4v) is 2.13. The molecule has 6 heteroatoms. The minimum Gasteiger partial charge on any atom is -0.494 e. The average molecular weight is 348 g/mol. The molecule has 0 heterocycles. The zero-order chi connectivity index (χ0) is 17.5. The van der Waals surface area contributed by atoms with Crippen LogP contribution in [0.1, 0.15) is 24.2 Å². The Hall–Kier alpha value is -2.53. The molecule has 0 radical (unpaired) electrons.